The highest BCUT2D eigenvalue weighted by atomic mass is 16.6. The van der Waals surface area contributed by atoms with Crippen LogP contribution in [0.2, 0.25) is 0 Å². The Bertz CT molecular complexity index is 564. The van der Waals surface area contributed by atoms with Crippen molar-refractivity contribution in [2.75, 3.05) is 32.8 Å². The number of carbonyl (C=O) groups excluding carboxylic acids is 1. The first kappa shape index (κ1) is 15.0. The zero-order valence-electron chi connectivity index (χ0n) is 11.0. The number of hydrogen-bond donors (Lipinski definition) is 0. The molecule has 0 amide bonds. The minimum atomic E-state index is -0.943. The van der Waals surface area contributed by atoms with Crippen LogP contribution in [-0.2, 0) is 16.1 Å². The third-order valence-corrected chi connectivity index (χ3v) is 2.99. The van der Waals surface area contributed by atoms with Crippen LogP contribution in [0.5, 0.6) is 0 Å². The molecule has 0 N–H and O–H groups in total. The van der Waals surface area contributed by atoms with Crippen LogP contribution in [0.1, 0.15) is 0 Å². The smallest absolute Gasteiger partial charge is 0.379 e. The molecule has 2 heterocycles. The number of morpholine rings is 1. The van der Waals surface area contributed by atoms with Crippen LogP contribution in [0.25, 0.3) is 0 Å². The lowest BCUT2D eigenvalue weighted by molar-refractivity contribution is -0.428. The van der Waals surface area contributed by atoms with Gasteiger partial charge in [0.25, 0.3) is 6.33 Å². The molecule has 1 aliphatic heterocycles. The maximum Gasteiger partial charge on any atom is 0.462 e. The van der Waals surface area contributed by atoms with Crippen LogP contribution in [0, 0.1) is 20.2 Å². The number of nitro groups is 2. The van der Waals surface area contributed by atoms with Crippen molar-refractivity contribution >= 4 is 17.4 Å². The van der Waals surface area contributed by atoms with Gasteiger partial charge in [-0.15, -0.1) is 0 Å². The van der Waals surface area contributed by atoms with Crippen molar-refractivity contribution in [3.8, 4) is 0 Å². The fourth-order valence-corrected chi connectivity index (χ4v) is 2.04. The van der Waals surface area contributed by atoms with Gasteiger partial charge in [-0.3, -0.25) is 9.69 Å². The summed E-state index contributed by atoms with van der Waals surface area (Å²) in [5.74, 6) is -1.93. The van der Waals surface area contributed by atoms with E-state index in [1.54, 1.807) is 0 Å². The minimum Gasteiger partial charge on any atom is -0.379 e. The van der Waals surface area contributed by atoms with Gasteiger partial charge >= 0.3 is 11.6 Å². The molecule has 11 nitrogen and oxygen atoms in total. The number of hydrogen-bond acceptors (Lipinski definition) is 8. The van der Waals surface area contributed by atoms with Gasteiger partial charge in [0.15, 0.2) is 12.3 Å². The molecular weight excluding hydrogens is 286 g/mol. The molecular formula is C10H13N5O6. The summed E-state index contributed by atoms with van der Waals surface area (Å²) in [7, 11) is 0. The second-order valence-electron chi connectivity index (χ2n) is 4.46. The van der Waals surface area contributed by atoms with Crippen molar-refractivity contribution in [3.63, 3.8) is 0 Å². The monoisotopic (exact) mass is 299 g/mol. The Morgan fingerprint density at radius 1 is 1.24 bits per heavy atom. The summed E-state index contributed by atoms with van der Waals surface area (Å²) < 4.78 is 6.04. The first-order valence-corrected chi connectivity index (χ1v) is 6.14. The van der Waals surface area contributed by atoms with E-state index in [0.29, 0.717) is 26.3 Å². The molecule has 0 bridgehead atoms. The third kappa shape index (κ3) is 3.58. The molecule has 1 aromatic rings. The minimum absolute atomic E-state index is 0.118. The van der Waals surface area contributed by atoms with E-state index >= 15 is 0 Å². The van der Waals surface area contributed by atoms with Gasteiger partial charge in [-0.1, -0.05) is 0 Å². The van der Waals surface area contributed by atoms with Crippen LogP contribution in [0.3, 0.4) is 0 Å². The number of ketones is 1. The molecule has 0 aromatic carbocycles. The summed E-state index contributed by atoms with van der Waals surface area (Å²) in [6.45, 7) is 2.07. The number of ether oxygens (including phenoxy) is 1. The lowest BCUT2D eigenvalue weighted by Crippen LogP contribution is -2.40. The first-order chi connectivity index (χ1) is 9.99. The predicted molar refractivity (Wildman–Crippen MR) is 67.8 cm³/mol. The maximum atomic E-state index is 11.9. The van der Waals surface area contributed by atoms with Crippen LogP contribution >= 0.6 is 0 Å². The average molecular weight is 299 g/mol. The third-order valence-electron chi connectivity index (χ3n) is 2.99. The summed E-state index contributed by atoms with van der Waals surface area (Å²) in [4.78, 5) is 36.8. The largest absolute Gasteiger partial charge is 0.462 e. The zero-order chi connectivity index (χ0) is 15.4. The fraction of sp³-hybridized carbons (Fsp3) is 0.600. The number of aromatic nitrogens is 2. The molecule has 0 spiro atoms. The summed E-state index contributed by atoms with van der Waals surface area (Å²) in [5.41, 5.74) is 0. The molecule has 2 rings (SSSR count). The SMILES string of the molecule is O=C(CN1CCOCC1)Cn1cnc([N+](=O)[O-])c1[N+](=O)[O-]. The van der Waals surface area contributed by atoms with E-state index in [1.807, 2.05) is 4.90 Å². The van der Waals surface area contributed by atoms with Gasteiger partial charge in [-0.25, -0.2) is 0 Å². The van der Waals surface area contributed by atoms with Gasteiger partial charge in [-0.05, 0) is 9.85 Å². The molecule has 21 heavy (non-hydrogen) atoms. The lowest BCUT2D eigenvalue weighted by atomic mass is 10.3. The molecule has 0 unspecified atom stereocenters. The van der Waals surface area contributed by atoms with Gasteiger partial charge in [0.2, 0.25) is 0 Å². The summed E-state index contributed by atoms with van der Waals surface area (Å²) >= 11 is 0. The molecule has 0 aliphatic carbocycles. The molecule has 0 radical (unpaired) electrons. The maximum absolute atomic E-state index is 11.9. The Labute approximate surface area is 118 Å². The Balaban J connectivity index is 2.06. The highest BCUT2D eigenvalue weighted by Gasteiger charge is 2.33. The summed E-state index contributed by atoms with van der Waals surface area (Å²) in [6.07, 6.45) is 0.938. The summed E-state index contributed by atoms with van der Waals surface area (Å²) in [5, 5.41) is 21.5. The van der Waals surface area contributed by atoms with Crippen molar-refractivity contribution < 1.29 is 19.4 Å². The number of imidazole rings is 1. The highest BCUT2D eigenvalue weighted by molar-refractivity contribution is 5.80. The van der Waals surface area contributed by atoms with Gasteiger partial charge in [0.05, 0.1) is 19.8 Å². The standard InChI is InChI=1S/C10H13N5O6/c16-8(5-12-1-3-21-4-2-12)6-13-7-11-9(14(17)18)10(13)15(19)20/h7H,1-6H2. The van der Waals surface area contributed by atoms with Crippen molar-refractivity contribution in [3.05, 3.63) is 26.6 Å². The van der Waals surface area contributed by atoms with Gasteiger partial charge in [0.1, 0.15) is 0 Å². The van der Waals surface area contributed by atoms with Crippen LogP contribution in [0.4, 0.5) is 11.6 Å². The molecule has 1 aliphatic rings. The van der Waals surface area contributed by atoms with Crippen LogP contribution < -0.4 is 0 Å². The van der Waals surface area contributed by atoms with E-state index in [1.165, 1.54) is 0 Å². The molecule has 1 aromatic heterocycles. The molecule has 114 valence electrons. The van der Waals surface area contributed by atoms with E-state index in [0.717, 1.165) is 10.9 Å². The molecule has 11 heteroatoms. The number of rotatable bonds is 6. The van der Waals surface area contributed by atoms with Crippen molar-refractivity contribution in [1.82, 2.24) is 14.5 Å². The fourth-order valence-electron chi connectivity index (χ4n) is 2.04. The highest BCUT2D eigenvalue weighted by Crippen LogP contribution is 2.24. The zero-order valence-corrected chi connectivity index (χ0v) is 11.0. The van der Waals surface area contributed by atoms with Crippen LogP contribution in [0.15, 0.2) is 6.33 Å². The lowest BCUT2D eigenvalue weighted by Gasteiger charge is -2.25. The van der Waals surface area contributed by atoms with Crippen molar-refractivity contribution in [1.29, 1.82) is 0 Å². The second-order valence-corrected chi connectivity index (χ2v) is 4.46. The summed E-state index contributed by atoms with van der Waals surface area (Å²) in [6, 6.07) is 0. The Morgan fingerprint density at radius 2 is 1.90 bits per heavy atom. The molecule has 0 atom stereocenters. The number of Topliss-reactive ketones (excluding diaryl/α,β-unsaturated/α-hetero) is 1. The van der Waals surface area contributed by atoms with Gasteiger partial charge in [0, 0.05) is 18.1 Å². The molecule has 0 saturated carbocycles. The normalized spacial score (nSPS) is 15.8. The first-order valence-electron chi connectivity index (χ1n) is 6.14. The second kappa shape index (κ2) is 6.37. The predicted octanol–water partition coefficient (Wildman–Crippen LogP) is -0.399. The number of nitrogens with zero attached hydrogens (tertiary/aromatic N) is 5. The van der Waals surface area contributed by atoms with E-state index in [4.69, 9.17) is 4.74 Å². The molecule has 1 fully saturated rings. The Kier molecular flexibility index (Phi) is 4.55. The Morgan fingerprint density at radius 3 is 2.48 bits per heavy atom. The molecule has 1 saturated heterocycles. The van der Waals surface area contributed by atoms with E-state index < -0.39 is 21.5 Å². The average Bonchev–Trinajstić information content (AvgIpc) is 2.83. The van der Waals surface area contributed by atoms with Gasteiger partial charge < -0.3 is 25.0 Å². The Hall–Kier alpha value is -2.40. The van der Waals surface area contributed by atoms with E-state index in [9.17, 15) is 25.0 Å². The van der Waals surface area contributed by atoms with Gasteiger partial charge in [-0.2, -0.15) is 4.57 Å². The van der Waals surface area contributed by atoms with E-state index in [-0.39, 0.29) is 18.9 Å². The van der Waals surface area contributed by atoms with Crippen molar-refractivity contribution in [2.45, 2.75) is 6.54 Å². The van der Waals surface area contributed by atoms with Crippen molar-refractivity contribution in [2.24, 2.45) is 0 Å². The van der Waals surface area contributed by atoms with Crippen LogP contribution in [-0.4, -0.2) is 62.9 Å². The van der Waals surface area contributed by atoms with E-state index in [2.05, 4.69) is 4.98 Å². The number of carbonyl (C=O) groups is 1. The topological polar surface area (TPSA) is 134 Å². The quantitative estimate of drug-likeness (QED) is 0.511.